The third-order valence-electron chi connectivity index (χ3n) is 3.15. The zero-order chi connectivity index (χ0) is 18.3. The molecule has 0 aliphatic carbocycles. The Morgan fingerprint density at radius 2 is 1.80 bits per heavy atom. The third-order valence-corrected chi connectivity index (χ3v) is 5.32. The van der Waals surface area contributed by atoms with Gasteiger partial charge in [0.05, 0.1) is 17.2 Å². The van der Waals surface area contributed by atoms with Crippen molar-refractivity contribution in [1.82, 2.24) is 0 Å². The van der Waals surface area contributed by atoms with Crippen molar-refractivity contribution in [3.05, 3.63) is 48.5 Å². The molecule has 0 saturated carbocycles. The van der Waals surface area contributed by atoms with Gasteiger partial charge < -0.3 is 9.47 Å². The minimum atomic E-state index is -3.71. The second kappa shape index (κ2) is 8.77. The number of carbonyl (C=O) groups excluding carboxylic acids is 1. The molecule has 2 rings (SSSR count). The van der Waals surface area contributed by atoms with E-state index in [-0.39, 0.29) is 18.1 Å². The summed E-state index contributed by atoms with van der Waals surface area (Å²) >= 11 is 1.46. The van der Waals surface area contributed by atoms with E-state index in [2.05, 4.69) is 4.72 Å². The first-order valence-electron chi connectivity index (χ1n) is 7.50. The smallest absolute Gasteiger partial charge is 0.344 e. The molecular formula is C17H19NO5S2. The Kier molecular flexibility index (Phi) is 6.72. The molecule has 0 aliphatic rings. The van der Waals surface area contributed by atoms with Gasteiger partial charge in [0.1, 0.15) is 5.75 Å². The van der Waals surface area contributed by atoms with Crippen molar-refractivity contribution in [3.8, 4) is 5.75 Å². The lowest BCUT2D eigenvalue weighted by Crippen LogP contribution is -2.15. The summed E-state index contributed by atoms with van der Waals surface area (Å²) in [7, 11) is -3.71. The number of nitrogens with one attached hydrogen (secondary N) is 1. The minimum absolute atomic E-state index is 0.104. The Hall–Kier alpha value is -2.19. The fourth-order valence-corrected chi connectivity index (χ4v) is 3.69. The fourth-order valence-electron chi connectivity index (χ4n) is 1.99. The average molecular weight is 381 g/mol. The Morgan fingerprint density at radius 3 is 2.44 bits per heavy atom. The zero-order valence-electron chi connectivity index (χ0n) is 13.9. The number of esters is 1. The molecule has 2 aromatic rings. The van der Waals surface area contributed by atoms with Crippen LogP contribution in [0.5, 0.6) is 5.75 Å². The third kappa shape index (κ3) is 5.40. The summed E-state index contributed by atoms with van der Waals surface area (Å²) in [6.07, 6.45) is 1.88. The number of anilines is 1. The van der Waals surface area contributed by atoms with E-state index < -0.39 is 16.0 Å². The van der Waals surface area contributed by atoms with E-state index >= 15 is 0 Å². The first-order valence-corrected chi connectivity index (χ1v) is 10.2. The number of benzene rings is 2. The number of para-hydroxylation sites is 1. The minimum Gasteiger partial charge on any atom is -0.482 e. The van der Waals surface area contributed by atoms with E-state index in [0.29, 0.717) is 11.4 Å². The number of rotatable bonds is 8. The van der Waals surface area contributed by atoms with E-state index in [0.717, 1.165) is 4.90 Å². The number of thioether (sulfide) groups is 1. The molecule has 8 heteroatoms. The van der Waals surface area contributed by atoms with Crippen molar-refractivity contribution in [2.75, 3.05) is 24.2 Å². The number of ether oxygens (including phenoxy) is 2. The molecule has 134 valence electrons. The Morgan fingerprint density at radius 1 is 1.12 bits per heavy atom. The van der Waals surface area contributed by atoms with Gasteiger partial charge in [-0.2, -0.15) is 0 Å². The van der Waals surface area contributed by atoms with Gasteiger partial charge in [-0.25, -0.2) is 13.2 Å². The Bertz CT molecular complexity index is 819. The lowest BCUT2D eigenvalue weighted by molar-refractivity contribution is -0.145. The van der Waals surface area contributed by atoms with Crippen LogP contribution in [0.15, 0.2) is 58.3 Å². The van der Waals surface area contributed by atoms with Crippen LogP contribution >= 0.6 is 11.8 Å². The molecule has 1 N–H and O–H groups in total. The van der Waals surface area contributed by atoms with Crippen molar-refractivity contribution in [1.29, 1.82) is 0 Å². The van der Waals surface area contributed by atoms with E-state index in [4.69, 9.17) is 9.47 Å². The first kappa shape index (κ1) is 19.1. The maximum Gasteiger partial charge on any atom is 0.344 e. The molecule has 25 heavy (non-hydrogen) atoms. The summed E-state index contributed by atoms with van der Waals surface area (Å²) < 4.78 is 37.6. The maximum absolute atomic E-state index is 12.5. The summed E-state index contributed by atoms with van der Waals surface area (Å²) in [6, 6.07) is 13.0. The van der Waals surface area contributed by atoms with Crippen molar-refractivity contribution in [2.45, 2.75) is 16.7 Å². The van der Waals surface area contributed by atoms with E-state index in [1.165, 1.54) is 36.0 Å². The number of carbonyl (C=O) groups is 1. The highest BCUT2D eigenvalue weighted by Gasteiger charge is 2.16. The lowest BCUT2D eigenvalue weighted by atomic mass is 10.3. The molecule has 6 nitrogen and oxygen atoms in total. The van der Waals surface area contributed by atoms with Crippen LogP contribution in [0, 0.1) is 0 Å². The van der Waals surface area contributed by atoms with Gasteiger partial charge in [0.15, 0.2) is 6.61 Å². The average Bonchev–Trinajstić information content (AvgIpc) is 2.61. The van der Waals surface area contributed by atoms with Crippen molar-refractivity contribution in [3.63, 3.8) is 0 Å². The van der Waals surface area contributed by atoms with E-state index in [9.17, 15) is 13.2 Å². The van der Waals surface area contributed by atoms with E-state index in [1.807, 2.05) is 18.4 Å². The van der Waals surface area contributed by atoms with Crippen molar-refractivity contribution in [2.24, 2.45) is 0 Å². The Labute approximate surface area is 151 Å². The van der Waals surface area contributed by atoms with Crippen LogP contribution in [0.3, 0.4) is 0 Å². The predicted octanol–water partition coefficient (Wildman–Crippen LogP) is 3.15. The van der Waals surface area contributed by atoms with Crippen LogP contribution < -0.4 is 9.46 Å². The predicted molar refractivity (Wildman–Crippen MR) is 97.6 cm³/mol. The maximum atomic E-state index is 12.5. The van der Waals surface area contributed by atoms with Gasteiger partial charge in [-0.05, 0) is 49.6 Å². The lowest BCUT2D eigenvalue weighted by Gasteiger charge is -2.12. The molecule has 2 aromatic carbocycles. The van der Waals surface area contributed by atoms with Crippen LogP contribution in [0.2, 0.25) is 0 Å². The SMILES string of the molecule is CCOC(=O)COc1ccc(S(=O)(=O)Nc2ccccc2SC)cc1. The largest absolute Gasteiger partial charge is 0.482 e. The molecule has 0 heterocycles. The van der Waals surface area contributed by atoms with Crippen molar-refractivity contribution < 1.29 is 22.7 Å². The van der Waals surface area contributed by atoms with Crippen LogP contribution in [0.4, 0.5) is 5.69 Å². The van der Waals surface area contributed by atoms with Gasteiger partial charge in [0.25, 0.3) is 10.0 Å². The molecule has 0 radical (unpaired) electrons. The quantitative estimate of drug-likeness (QED) is 0.559. The normalized spacial score (nSPS) is 11.0. The summed E-state index contributed by atoms with van der Waals surface area (Å²) in [5.74, 6) is -0.0916. The molecular weight excluding hydrogens is 362 g/mol. The molecule has 0 fully saturated rings. The first-order chi connectivity index (χ1) is 12.0. The summed E-state index contributed by atoms with van der Waals surface area (Å²) in [5.41, 5.74) is 0.526. The summed E-state index contributed by atoms with van der Waals surface area (Å²) in [6.45, 7) is 1.77. The number of hydrogen-bond acceptors (Lipinski definition) is 6. The highest BCUT2D eigenvalue weighted by atomic mass is 32.2. The van der Waals surface area contributed by atoms with Gasteiger partial charge in [0, 0.05) is 4.90 Å². The number of hydrogen-bond donors (Lipinski definition) is 1. The monoisotopic (exact) mass is 381 g/mol. The van der Waals surface area contributed by atoms with Gasteiger partial charge in [-0.1, -0.05) is 12.1 Å². The molecule has 0 saturated heterocycles. The highest BCUT2D eigenvalue weighted by Crippen LogP contribution is 2.27. The molecule has 0 aromatic heterocycles. The topological polar surface area (TPSA) is 81.7 Å². The molecule has 0 atom stereocenters. The van der Waals surface area contributed by atoms with E-state index in [1.54, 1.807) is 19.1 Å². The standard InChI is InChI=1S/C17H19NO5S2/c1-3-22-17(19)12-23-13-8-10-14(11-9-13)25(20,21)18-15-6-4-5-7-16(15)24-2/h4-11,18H,3,12H2,1-2H3. The van der Waals surface area contributed by atoms with Crippen LogP contribution in [-0.4, -0.2) is 33.9 Å². The second-order valence-electron chi connectivity index (χ2n) is 4.87. The van der Waals surface area contributed by atoms with Crippen molar-refractivity contribution >= 4 is 33.4 Å². The van der Waals surface area contributed by atoms with Gasteiger partial charge in [-0.3, -0.25) is 4.72 Å². The molecule has 0 aliphatic heterocycles. The Balaban J connectivity index is 2.08. The van der Waals surface area contributed by atoms with Gasteiger partial charge in [0.2, 0.25) is 0 Å². The van der Waals surface area contributed by atoms with Gasteiger partial charge >= 0.3 is 5.97 Å². The molecule has 0 bridgehead atoms. The van der Waals surface area contributed by atoms with Crippen LogP contribution in [-0.2, 0) is 19.6 Å². The van der Waals surface area contributed by atoms with Crippen LogP contribution in [0.1, 0.15) is 6.92 Å². The van der Waals surface area contributed by atoms with Crippen LogP contribution in [0.25, 0.3) is 0 Å². The fraction of sp³-hybridized carbons (Fsp3) is 0.235. The zero-order valence-corrected chi connectivity index (χ0v) is 15.5. The molecule has 0 amide bonds. The highest BCUT2D eigenvalue weighted by molar-refractivity contribution is 7.99. The van der Waals surface area contributed by atoms with Gasteiger partial charge in [-0.15, -0.1) is 11.8 Å². The summed E-state index contributed by atoms with van der Waals surface area (Å²) in [5, 5.41) is 0. The summed E-state index contributed by atoms with van der Waals surface area (Å²) in [4.78, 5) is 12.2. The molecule has 0 spiro atoms. The second-order valence-corrected chi connectivity index (χ2v) is 7.40. The molecule has 0 unspecified atom stereocenters. The number of sulfonamides is 1.